The lowest BCUT2D eigenvalue weighted by atomic mass is 9.84. The van der Waals surface area contributed by atoms with Crippen LogP contribution < -0.4 is 0 Å². The fourth-order valence-electron chi connectivity index (χ4n) is 5.83. The van der Waals surface area contributed by atoms with Crippen molar-refractivity contribution in [3.05, 3.63) is 145 Å². The van der Waals surface area contributed by atoms with Crippen molar-refractivity contribution in [2.45, 2.75) is 0 Å². The molecule has 1 heteroatoms. The number of hydrogen-bond acceptors (Lipinski definition) is 1. The molecule has 38 heavy (non-hydrogen) atoms. The molecule has 0 bridgehead atoms. The summed E-state index contributed by atoms with van der Waals surface area (Å²) < 4.78 is 0. The van der Waals surface area contributed by atoms with Gasteiger partial charge in [0.25, 0.3) is 0 Å². The van der Waals surface area contributed by atoms with Crippen LogP contribution in [-0.4, -0.2) is 0 Å². The molecule has 7 rings (SSSR count). The minimum Gasteiger partial charge on any atom is -0.192 e. The molecule has 1 nitrogen and oxygen atoms in total. The minimum atomic E-state index is 0.670. The second-order valence-corrected chi connectivity index (χ2v) is 9.60. The summed E-state index contributed by atoms with van der Waals surface area (Å²) in [7, 11) is 0. The first-order valence-corrected chi connectivity index (χ1v) is 12.8. The quantitative estimate of drug-likeness (QED) is 0.230. The fraction of sp³-hybridized carbons (Fsp3) is 0. The Labute approximate surface area is 221 Å². The summed E-state index contributed by atoms with van der Waals surface area (Å²) in [6, 6.07) is 51.5. The lowest BCUT2D eigenvalue weighted by Gasteiger charge is -2.19. The molecule has 7 aromatic rings. The van der Waals surface area contributed by atoms with Crippen molar-refractivity contribution in [3.8, 4) is 39.4 Å². The smallest absolute Gasteiger partial charge is 0.0991 e. The molecule has 0 unspecified atom stereocenters. The Hall–Kier alpha value is -5.19. The van der Waals surface area contributed by atoms with Crippen molar-refractivity contribution < 1.29 is 0 Å². The Bertz CT molecular complexity index is 1950. The maximum Gasteiger partial charge on any atom is 0.0991 e. The van der Waals surface area contributed by atoms with Crippen LogP contribution in [-0.2, 0) is 0 Å². The van der Waals surface area contributed by atoms with Gasteiger partial charge in [0.1, 0.15) is 0 Å². The lowest BCUT2D eigenvalue weighted by molar-refractivity contribution is 1.49. The van der Waals surface area contributed by atoms with E-state index in [4.69, 9.17) is 0 Å². The van der Waals surface area contributed by atoms with Gasteiger partial charge in [-0.1, -0.05) is 127 Å². The molecule has 0 radical (unpaired) electrons. The Morgan fingerprint density at radius 3 is 1.34 bits per heavy atom. The number of nitriles is 1. The van der Waals surface area contributed by atoms with Crippen LogP contribution in [0.2, 0.25) is 0 Å². The molecule has 0 aliphatic heterocycles. The van der Waals surface area contributed by atoms with E-state index in [9.17, 15) is 5.26 Å². The van der Waals surface area contributed by atoms with Gasteiger partial charge in [0.2, 0.25) is 0 Å². The Morgan fingerprint density at radius 1 is 0.342 bits per heavy atom. The van der Waals surface area contributed by atoms with E-state index >= 15 is 0 Å². The predicted molar refractivity (Wildman–Crippen MR) is 160 cm³/mol. The van der Waals surface area contributed by atoms with Crippen LogP contribution in [0.3, 0.4) is 0 Å². The topological polar surface area (TPSA) is 23.8 Å². The highest BCUT2D eigenvalue weighted by Gasteiger charge is 2.18. The van der Waals surface area contributed by atoms with E-state index in [0.29, 0.717) is 5.56 Å². The average Bonchev–Trinajstić information content (AvgIpc) is 3.00. The normalized spacial score (nSPS) is 11.1. The Kier molecular flexibility index (Phi) is 5.24. The van der Waals surface area contributed by atoms with Gasteiger partial charge in [-0.3, -0.25) is 0 Å². The second-order valence-electron chi connectivity index (χ2n) is 9.60. The van der Waals surface area contributed by atoms with Crippen LogP contribution in [0.4, 0.5) is 0 Å². The molecule has 0 aromatic heterocycles. The molecule has 0 N–H and O–H groups in total. The summed E-state index contributed by atoms with van der Waals surface area (Å²) in [6.45, 7) is 0. The van der Waals surface area contributed by atoms with Gasteiger partial charge in [0.05, 0.1) is 11.6 Å². The van der Waals surface area contributed by atoms with Crippen LogP contribution in [0.25, 0.3) is 65.7 Å². The molecule has 176 valence electrons. The molecular formula is C37H23N. The largest absolute Gasteiger partial charge is 0.192 e. The summed E-state index contributed by atoms with van der Waals surface area (Å²) in [6.07, 6.45) is 0. The lowest BCUT2D eigenvalue weighted by Crippen LogP contribution is -1.92. The first kappa shape index (κ1) is 22.0. The first-order valence-electron chi connectivity index (χ1n) is 12.8. The highest BCUT2D eigenvalue weighted by molar-refractivity contribution is 6.24. The molecule has 0 heterocycles. The summed E-state index contributed by atoms with van der Waals surface area (Å²) in [5.41, 5.74) is 7.95. The molecular weight excluding hydrogens is 458 g/mol. The summed E-state index contributed by atoms with van der Waals surface area (Å²) in [4.78, 5) is 0. The van der Waals surface area contributed by atoms with Crippen molar-refractivity contribution in [2.24, 2.45) is 0 Å². The highest BCUT2D eigenvalue weighted by atomic mass is 14.2. The second kappa shape index (κ2) is 9.04. The highest BCUT2D eigenvalue weighted by Crippen LogP contribution is 2.46. The van der Waals surface area contributed by atoms with Crippen molar-refractivity contribution in [1.29, 1.82) is 5.26 Å². The van der Waals surface area contributed by atoms with Gasteiger partial charge in [0, 0.05) is 0 Å². The van der Waals surface area contributed by atoms with Crippen LogP contribution in [0, 0.1) is 11.3 Å². The van der Waals surface area contributed by atoms with Crippen molar-refractivity contribution in [2.75, 3.05) is 0 Å². The third-order valence-electron chi connectivity index (χ3n) is 7.51. The molecule has 0 amide bonds. The molecule has 0 saturated carbocycles. The number of hydrogen-bond donors (Lipinski definition) is 0. The van der Waals surface area contributed by atoms with Gasteiger partial charge in [-0.05, 0) is 77.8 Å². The number of benzene rings is 7. The molecule has 0 aliphatic carbocycles. The SMILES string of the molecule is N#Cc1ccc(-c2c3ccccc3c(-c3ccc(-c4ccccc4)c4ccccc34)c3ccccc23)cc1. The maximum atomic E-state index is 9.33. The molecule has 0 aliphatic rings. The third-order valence-corrected chi connectivity index (χ3v) is 7.51. The van der Waals surface area contributed by atoms with E-state index in [1.54, 1.807) is 0 Å². The van der Waals surface area contributed by atoms with E-state index in [2.05, 4.69) is 133 Å². The van der Waals surface area contributed by atoms with Crippen LogP contribution in [0.5, 0.6) is 0 Å². The zero-order chi connectivity index (χ0) is 25.5. The summed E-state index contributed by atoms with van der Waals surface area (Å²) in [5, 5.41) is 16.7. The zero-order valence-corrected chi connectivity index (χ0v) is 20.7. The Morgan fingerprint density at radius 2 is 0.789 bits per heavy atom. The van der Waals surface area contributed by atoms with Gasteiger partial charge in [-0.15, -0.1) is 0 Å². The van der Waals surface area contributed by atoms with Crippen molar-refractivity contribution in [1.82, 2.24) is 0 Å². The number of nitrogens with zero attached hydrogens (tertiary/aromatic N) is 1. The minimum absolute atomic E-state index is 0.670. The molecule has 0 spiro atoms. The van der Waals surface area contributed by atoms with Crippen LogP contribution in [0.15, 0.2) is 140 Å². The standard InChI is InChI=1S/C37H23N/c38-24-25-18-20-27(21-19-25)36-31-14-6-8-16-33(31)37(34-17-9-7-15-32(34)36)35-23-22-28(26-10-2-1-3-11-26)29-12-4-5-13-30(29)35/h1-23H. The van der Waals surface area contributed by atoms with E-state index in [-0.39, 0.29) is 0 Å². The average molecular weight is 482 g/mol. The van der Waals surface area contributed by atoms with Gasteiger partial charge in [-0.25, -0.2) is 0 Å². The van der Waals surface area contributed by atoms with Crippen LogP contribution in [0.1, 0.15) is 5.56 Å². The number of fused-ring (bicyclic) bond motifs is 3. The van der Waals surface area contributed by atoms with Crippen LogP contribution >= 0.6 is 0 Å². The van der Waals surface area contributed by atoms with E-state index in [1.165, 1.54) is 60.1 Å². The van der Waals surface area contributed by atoms with Crippen molar-refractivity contribution in [3.63, 3.8) is 0 Å². The fourth-order valence-corrected chi connectivity index (χ4v) is 5.83. The monoisotopic (exact) mass is 481 g/mol. The van der Waals surface area contributed by atoms with Gasteiger partial charge >= 0.3 is 0 Å². The summed E-state index contributed by atoms with van der Waals surface area (Å²) in [5.74, 6) is 0. The summed E-state index contributed by atoms with van der Waals surface area (Å²) >= 11 is 0. The van der Waals surface area contributed by atoms with Gasteiger partial charge in [0.15, 0.2) is 0 Å². The van der Waals surface area contributed by atoms with E-state index in [0.717, 1.165) is 5.56 Å². The van der Waals surface area contributed by atoms with Gasteiger partial charge < -0.3 is 0 Å². The zero-order valence-electron chi connectivity index (χ0n) is 20.7. The molecule has 7 aromatic carbocycles. The van der Waals surface area contributed by atoms with E-state index < -0.39 is 0 Å². The molecule has 0 fully saturated rings. The van der Waals surface area contributed by atoms with Crippen molar-refractivity contribution >= 4 is 32.3 Å². The third kappa shape index (κ3) is 3.47. The van der Waals surface area contributed by atoms with E-state index in [1.807, 2.05) is 12.1 Å². The Balaban J connectivity index is 1.59. The predicted octanol–water partition coefficient (Wildman–Crippen LogP) is 10.0. The number of rotatable bonds is 3. The molecule has 0 saturated heterocycles. The first-order chi connectivity index (χ1) is 18.8. The molecule has 0 atom stereocenters. The van der Waals surface area contributed by atoms with Gasteiger partial charge in [-0.2, -0.15) is 5.26 Å². The maximum absolute atomic E-state index is 9.33.